The standard InChI is InChI=1S/C13H21N3/c1-10-4-12(2,3)8-13(14,5-10)11-6-15-9-16-7-11/h6-7,9-10H,4-5,8,14H2,1-3H3. The first-order valence-corrected chi connectivity index (χ1v) is 5.96. The topological polar surface area (TPSA) is 51.8 Å². The lowest BCUT2D eigenvalue weighted by Crippen LogP contribution is -2.46. The third-order valence-electron chi connectivity index (χ3n) is 3.54. The second-order valence-electron chi connectivity index (χ2n) is 6.14. The van der Waals surface area contributed by atoms with Crippen LogP contribution in [0.3, 0.4) is 0 Å². The Labute approximate surface area is 97.5 Å². The highest BCUT2D eigenvalue weighted by molar-refractivity contribution is 5.19. The van der Waals surface area contributed by atoms with Gasteiger partial charge < -0.3 is 5.73 Å². The van der Waals surface area contributed by atoms with E-state index in [0.29, 0.717) is 11.3 Å². The van der Waals surface area contributed by atoms with Crippen molar-refractivity contribution in [2.45, 2.75) is 45.6 Å². The number of hydrogen-bond donors (Lipinski definition) is 1. The van der Waals surface area contributed by atoms with Gasteiger partial charge in [0.2, 0.25) is 0 Å². The summed E-state index contributed by atoms with van der Waals surface area (Å²) < 4.78 is 0. The molecule has 2 atom stereocenters. The van der Waals surface area contributed by atoms with Crippen LogP contribution in [0.25, 0.3) is 0 Å². The van der Waals surface area contributed by atoms with Crippen LogP contribution in [0.4, 0.5) is 0 Å². The second-order valence-corrected chi connectivity index (χ2v) is 6.14. The van der Waals surface area contributed by atoms with Gasteiger partial charge in [-0.15, -0.1) is 0 Å². The minimum Gasteiger partial charge on any atom is -0.321 e. The minimum atomic E-state index is -0.248. The quantitative estimate of drug-likeness (QED) is 0.789. The zero-order valence-corrected chi connectivity index (χ0v) is 10.4. The fourth-order valence-corrected chi connectivity index (χ4v) is 3.41. The van der Waals surface area contributed by atoms with Crippen LogP contribution in [0, 0.1) is 11.3 Å². The minimum absolute atomic E-state index is 0.248. The summed E-state index contributed by atoms with van der Waals surface area (Å²) in [5.74, 6) is 0.661. The third kappa shape index (κ3) is 2.24. The molecule has 0 bridgehead atoms. The average Bonchev–Trinajstić information content (AvgIpc) is 2.15. The smallest absolute Gasteiger partial charge is 0.115 e. The van der Waals surface area contributed by atoms with Crippen LogP contribution >= 0.6 is 0 Å². The Morgan fingerprint density at radius 1 is 1.25 bits per heavy atom. The monoisotopic (exact) mass is 219 g/mol. The predicted molar refractivity (Wildman–Crippen MR) is 64.7 cm³/mol. The van der Waals surface area contributed by atoms with Gasteiger partial charge in [-0.2, -0.15) is 0 Å². The molecular weight excluding hydrogens is 198 g/mol. The summed E-state index contributed by atoms with van der Waals surface area (Å²) in [6.07, 6.45) is 8.58. The van der Waals surface area contributed by atoms with Crippen molar-refractivity contribution in [3.05, 3.63) is 24.3 Å². The maximum atomic E-state index is 6.57. The SMILES string of the molecule is CC1CC(C)(C)CC(N)(c2cncnc2)C1. The molecule has 1 aromatic heterocycles. The number of hydrogen-bond acceptors (Lipinski definition) is 3. The third-order valence-corrected chi connectivity index (χ3v) is 3.54. The van der Waals surface area contributed by atoms with Crippen molar-refractivity contribution in [1.82, 2.24) is 9.97 Å². The summed E-state index contributed by atoms with van der Waals surface area (Å²) in [7, 11) is 0. The van der Waals surface area contributed by atoms with Crippen LogP contribution in [-0.4, -0.2) is 9.97 Å². The highest BCUT2D eigenvalue weighted by atomic mass is 14.8. The van der Waals surface area contributed by atoms with Crippen LogP contribution < -0.4 is 5.73 Å². The molecule has 0 aromatic carbocycles. The Morgan fingerprint density at radius 2 is 1.88 bits per heavy atom. The number of nitrogens with zero attached hydrogens (tertiary/aromatic N) is 2. The van der Waals surface area contributed by atoms with E-state index in [1.165, 1.54) is 6.42 Å². The molecule has 0 aliphatic heterocycles. The van der Waals surface area contributed by atoms with E-state index in [1.807, 2.05) is 12.4 Å². The summed E-state index contributed by atoms with van der Waals surface area (Å²) >= 11 is 0. The highest BCUT2D eigenvalue weighted by Crippen LogP contribution is 2.46. The van der Waals surface area contributed by atoms with Gasteiger partial charge in [0, 0.05) is 23.5 Å². The molecule has 1 heterocycles. The normalized spacial score (nSPS) is 33.6. The number of nitrogens with two attached hydrogens (primary N) is 1. The number of rotatable bonds is 1. The summed E-state index contributed by atoms with van der Waals surface area (Å²) in [6.45, 7) is 6.88. The maximum absolute atomic E-state index is 6.57. The lowest BCUT2D eigenvalue weighted by molar-refractivity contribution is 0.107. The molecule has 3 heteroatoms. The zero-order chi connectivity index (χ0) is 11.8. The van der Waals surface area contributed by atoms with Crippen LogP contribution in [0.2, 0.25) is 0 Å². The molecule has 2 N–H and O–H groups in total. The fourth-order valence-electron chi connectivity index (χ4n) is 3.41. The van der Waals surface area contributed by atoms with Gasteiger partial charge in [0.05, 0.1) is 0 Å². The van der Waals surface area contributed by atoms with E-state index in [2.05, 4.69) is 30.7 Å². The molecule has 1 aromatic rings. The molecule has 1 aliphatic carbocycles. The van der Waals surface area contributed by atoms with Gasteiger partial charge in [-0.1, -0.05) is 20.8 Å². The first-order chi connectivity index (χ1) is 7.41. The summed E-state index contributed by atoms with van der Waals surface area (Å²) in [4.78, 5) is 8.17. The van der Waals surface area contributed by atoms with E-state index < -0.39 is 0 Å². The van der Waals surface area contributed by atoms with Crippen molar-refractivity contribution in [3.8, 4) is 0 Å². The molecule has 0 amide bonds. The van der Waals surface area contributed by atoms with Crippen molar-refractivity contribution in [1.29, 1.82) is 0 Å². The first-order valence-electron chi connectivity index (χ1n) is 5.96. The largest absolute Gasteiger partial charge is 0.321 e. The Morgan fingerprint density at radius 3 is 2.44 bits per heavy atom. The van der Waals surface area contributed by atoms with E-state index in [0.717, 1.165) is 18.4 Å². The van der Waals surface area contributed by atoms with Gasteiger partial charge in [0.25, 0.3) is 0 Å². The fraction of sp³-hybridized carbons (Fsp3) is 0.692. The first kappa shape index (κ1) is 11.5. The van der Waals surface area contributed by atoms with Crippen molar-refractivity contribution in [2.24, 2.45) is 17.1 Å². The summed E-state index contributed by atoms with van der Waals surface area (Å²) in [5, 5.41) is 0. The maximum Gasteiger partial charge on any atom is 0.115 e. The molecular formula is C13H21N3. The Kier molecular flexibility index (Phi) is 2.74. The Hall–Kier alpha value is -0.960. The molecule has 1 fully saturated rings. The van der Waals surface area contributed by atoms with Crippen molar-refractivity contribution < 1.29 is 0 Å². The van der Waals surface area contributed by atoms with Gasteiger partial charge in [-0.25, -0.2) is 9.97 Å². The van der Waals surface area contributed by atoms with Crippen LogP contribution in [0.15, 0.2) is 18.7 Å². The van der Waals surface area contributed by atoms with Crippen molar-refractivity contribution in [3.63, 3.8) is 0 Å². The molecule has 0 saturated heterocycles. The molecule has 88 valence electrons. The molecule has 0 radical (unpaired) electrons. The molecule has 16 heavy (non-hydrogen) atoms. The van der Waals surface area contributed by atoms with Gasteiger partial charge in [-0.05, 0) is 30.6 Å². The predicted octanol–water partition coefficient (Wildman–Crippen LogP) is 2.48. The summed E-state index contributed by atoms with van der Waals surface area (Å²) in [6, 6.07) is 0. The molecule has 3 nitrogen and oxygen atoms in total. The van der Waals surface area contributed by atoms with E-state index in [9.17, 15) is 0 Å². The molecule has 0 spiro atoms. The van der Waals surface area contributed by atoms with Gasteiger partial charge in [-0.3, -0.25) is 0 Å². The van der Waals surface area contributed by atoms with E-state index >= 15 is 0 Å². The molecule has 2 rings (SSSR count). The van der Waals surface area contributed by atoms with Gasteiger partial charge in [0.1, 0.15) is 6.33 Å². The lowest BCUT2D eigenvalue weighted by atomic mass is 9.63. The van der Waals surface area contributed by atoms with Gasteiger partial charge in [0.15, 0.2) is 0 Å². The zero-order valence-electron chi connectivity index (χ0n) is 10.4. The van der Waals surface area contributed by atoms with Crippen LogP contribution in [0.1, 0.15) is 45.6 Å². The lowest BCUT2D eigenvalue weighted by Gasteiger charge is -2.45. The van der Waals surface area contributed by atoms with E-state index in [1.54, 1.807) is 6.33 Å². The van der Waals surface area contributed by atoms with Crippen LogP contribution in [0.5, 0.6) is 0 Å². The molecule has 1 aliphatic rings. The van der Waals surface area contributed by atoms with Gasteiger partial charge >= 0.3 is 0 Å². The number of aromatic nitrogens is 2. The van der Waals surface area contributed by atoms with E-state index in [4.69, 9.17) is 5.73 Å². The van der Waals surface area contributed by atoms with Crippen LogP contribution in [-0.2, 0) is 5.54 Å². The van der Waals surface area contributed by atoms with E-state index in [-0.39, 0.29) is 5.54 Å². The Balaban J connectivity index is 2.31. The van der Waals surface area contributed by atoms with Crippen molar-refractivity contribution in [2.75, 3.05) is 0 Å². The average molecular weight is 219 g/mol. The highest BCUT2D eigenvalue weighted by Gasteiger charge is 2.41. The molecule has 2 unspecified atom stereocenters. The molecule has 1 saturated carbocycles. The Bertz CT molecular complexity index is 361. The van der Waals surface area contributed by atoms with Crippen molar-refractivity contribution >= 4 is 0 Å². The summed E-state index contributed by atoms with van der Waals surface area (Å²) in [5.41, 5.74) is 7.70. The second kappa shape index (κ2) is 3.81.